The van der Waals surface area contributed by atoms with Crippen LogP contribution in [0.25, 0.3) is 0 Å². The third kappa shape index (κ3) is 5.10. The van der Waals surface area contributed by atoms with Gasteiger partial charge in [-0.1, -0.05) is 23.5 Å². The molecule has 10 nitrogen and oxygen atoms in total. The van der Waals surface area contributed by atoms with E-state index in [-0.39, 0.29) is 12.8 Å². The van der Waals surface area contributed by atoms with Gasteiger partial charge >= 0.3 is 0 Å². The van der Waals surface area contributed by atoms with Crippen LogP contribution in [0.5, 0.6) is 0 Å². The van der Waals surface area contributed by atoms with Gasteiger partial charge in [-0.2, -0.15) is 0 Å². The van der Waals surface area contributed by atoms with E-state index >= 15 is 0 Å². The predicted octanol–water partition coefficient (Wildman–Crippen LogP) is 1.05. The lowest BCUT2D eigenvalue weighted by Gasteiger charge is -2.10. The molecular formula is C16H14N4O6S2. The van der Waals surface area contributed by atoms with Crippen LogP contribution in [0.15, 0.2) is 24.3 Å². The maximum Gasteiger partial charge on any atom is 0.286 e. The zero-order chi connectivity index (χ0) is 20.3. The molecule has 28 heavy (non-hydrogen) atoms. The van der Waals surface area contributed by atoms with Crippen LogP contribution in [-0.2, 0) is 19.2 Å². The first-order valence-corrected chi connectivity index (χ1v) is 9.79. The van der Waals surface area contributed by atoms with E-state index in [2.05, 4.69) is 21.3 Å². The van der Waals surface area contributed by atoms with E-state index in [0.717, 1.165) is 23.5 Å². The van der Waals surface area contributed by atoms with Gasteiger partial charge in [-0.3, -0.25) is 39.4 Å². The highest BCUT2D eigenvalue weighted by Gasteiger charge is 2.34. The second-order valence-corrected chi connectivity index (χ2v) is 8.20. The number of carbonyl (C=O) groups is 6. The van der Waals surface area contributed by atoms with Gasteiger partial charge in [0.15, 0.2) is 0 Å². The quantitative estimate of drug-likeness (QED) is 0.531. The summed E-state index contributed by atoms with van der Waals surface area (Å²) in [6, 6.07) is 6.23. The SMILES string of the molecule is O=C(CC1SC(=O)NC1=O)Nc1ccc(NC(=O)CC2SC(=O)NC2=O)cc1. The lowest BCUT2D eigenvalue weighted by Crippen LogP contribution is -2.27. The number of imide groups is 2. The Bertz CT molecular complexity index is 801. The number of amides is 6. The first-order valence-electron chi connectivity index (χ1n) is 8.03. The normalized spacial score (nSPS) is 21.3. The minimum Gasteiger partial charge on any atom is -0.326 e. The van der Waals surface area contributed by atoms with Crippen molar-refractivity contribution < 1.29 is 28.8 Å². The topological polar surface area (TPSA) is 151 Å². The van der Waals surface area contributed by atoms with E-state index in [0.29, 0.717) is 11.4 Å². The van der Waals surface area contributed by atoms with Gasteiger partial charge in [0.05, 0.1) is 0 Å². The zero-order valence-electron chi connectivity index (χ0n) is 14.1. The minimum atomic E-state index is -0.747. The maximum atomic E-state index is 12.0. The van der Waals surface area contributed by atoms with E-state index in [1.807, 2.05) is 0 Å². The summed E-state index contributed by atoms with van der Waals surface area (Å²) in [6.07, 6.45) is -0.277. The second-order valence-electron chi connectivity index (χ2n) is 5.85. The molecule has 2 aliphatic rings. The van der Waals surface area contributed by atoms with Crippen molar-refractivity contribution in [3.05, 3.63) is 24.3 Å². The molecule has 1 aromatic carbocycles. The minimum absolute atomic E-state index is 0.138. The van der Waals surface area contributed by atoms with Crippen LogP contribution in [0.3, 0.4) is 0 Å². The largest absolute Gasteiger partial charge is 0.326 e. The van der Waals surface area contributed by atoms with Crippen LogP contribution in [-0.4, -0.2) is 44.6 Å². The van der Waals surface area contributed by atoms with Crippen molar-refractivity contribution in [1.82, 2.24) is 10.6 Å². The number of thioether (sulfide) groups is 2. The molecule has 2 unspecified atom stereocenters. The van der Waals surface area contributed by atoms with Crippen molar-refractivity contribution in [2.24, 2.45) is 0 Å². The predicted molar refractivity (Wildman–Crippen MR) is 103 cm³/mol. The Morgan fingerprint density at radius 2 is 1.11 bits per heavy atom. The lowest BCUT2D eigenvalue weighted by atomic mass is 10.2. The highest BCUT2D eigenvalue weighted by molar-refractivity contribution is 8.15. The van der Waals surface area contributed by atoms with Gasteiger partial charge in [0.1, 0.15) is 10.5 Å². The van der Waals surface area contributed by atoms with Crippen LogP contribution in [0.4, 0.5) is 21.0 Å². The first kappa shape index (κ1) is 19.9. The number of nitrogens with one attached hydrogen (secondary N) is 4. The fourth-order valence-electron chi connectivity index (χ4n) is 2.45. The molecule has 2 atom stereocenters. The van der Waals surface area contributed by atoms with Crippen molar-refractivity contribution >= 4 is 69.0 Å². The summed E-state index contributed by atoms with van der Waals surface area (Å²) in [5.41, 5.74) is 0.906. The number of carbonyl (C=O) groups excluding carboxylic acids is 6. The average Bonchev–Trinajstić information content (AvgIpc) is 3.09. The molecule has 146 valence electrons. The molecule has 0 aliphatic carbocycles. The van der Waals surface area contributed by atoms with Crippen LogP contribution >= 0.6 is 23.5 Å². The summed E-state index contributed by atoms with van der Waals surface area (Å²) in [6.45, 7) is 0. The van der Waals surface area contributed by atoms with E-state index in [4.69, 9.17) is 0 Å². The Morgan fingerprint density at radius 3 is 1.39 bits per heavy atom. The van der Waals surface area contributed by atoms with Crippen molar-refractivity contribution in [2.45, 2.75) is 23.3 Å². The standard InChI is InChI=1S/C16H14N4O6S2/c21-11(5-9-13(23)19-15(25)27-9)17-7-1-2-8(4-3-7)18-12(22)6-10-14(24)20-16(26)28-10/h1-4,9-10H,5-6H2,(H,17,21)(H,18,22)(H,19,23,25)(H,20,24,26). The summed E-state index contributed by atoms with van der Waals surface area (Å²) >= 11 is 1.55. The van der Waals surface area contributed by atoms with Gasteiger partial charge in [-0.25, -0.2) is 0 Å². The van der Waals surface area contributed by atoms with Gasteiger partial charge in [0.2, 0.25) is 23.6 Å². The van der Waals surface area contributed by atoms with E-state index in [1.54, 1.807) is 24.3 Å². The molecule has 12 heteroatoms. The maximum absolute atomic E-state index is 12.0. The summed E-state index contributed by atoms with van der Waals surface area (Å²) in [4.78, 5) is 69.1. The van der Waals surface area contributed by atoms with Crippen LogP contribution in [0.2, 0.25) is 0 Å². The lowest BCUT2D eigenvalue weighted by molar-refractivity contribution is -0.122. The molecule has 0 aromatic heterocycles. The van der Waals surface area contributed by atoms with Gasteiger partial charge in [-0.15, -0.1) is 0 Å². The number of rotatable bonds is 6. The number of hydrogen-bond acceptors (Lipinski definition) is 8. The summed E-state index contributed by atoms with van der Waals surface area (Å²) in [7, 11) is 0. The van der Waals surface area contributed by atoms with E-state index in [9.17, 15) is 28.8 Å². The smallest absolute Gasteiger partial charge is 0.286 e. The first-order chi connectivity index (χ1) is 13.3. The molecule has 4 N–H and O–H groups in total. The molecule has 2 saturated heterocycles. The molecule has 3 rings (SSSR count). The van der Waals surface area contributed by atoms with Crippen LogP contribution in [0, 0.1) is 0 Å². The summed E-state index contributed by atoms with van der Waals surface area (Å²) in [5.74, 6) is -1.82. The van der Waals surface area contributed by atoms with Crippen LogP contribution < -0.4 is 21.3 Å². The Kier molecular flexibility index (Phi) is 5.99. The molecule has 0 radical (unpaired) electrons. The third-order valence-corrected chi connectivity index (χ3v) is 5.69. The number of hydrogen-bond donors (Lipinski definition) is 4. The van der Waals surface area contributed by atoms with Gasteiger partial charge in [0.25, 0.3) is 10.5 Å². The fraction of sp³-hybridized carbons (Fsp3) is 0.250. The number of anilines is 2. The van der Waals surface area contributed by atoms with Crippen molar-refractivity contribution in [3.8, 4) is 0 Å². The zero-order valence-corrected chi connectivity index (χ0v) is 15.8. The Balaban J connectivity index is 1.48. The molecule has 0 saturated carbocycles. The average molecular weight is 422 g/mol. The van der Waals surface area contributed by atoms with Crippen molar-refractivity contribution in [1.29, 1.82) is 0 Å². The highest BCUT2D eigenvalue weighted by Crippen LogP contribution is 2.24. The molecule has 2 fully saturated rings. The van der Waals surface area contributed by atoms with Gasteiger partial charge in [0, 0.05) is 24.2 Å². The Morgan fingerprint density at radius 1 is 0.750 bits per heavy atom. The van der Waals surface area contributed by atoms with Gasteiger partial charge in [-0.05, 0) is 24.3 Å². The van der Waals surface area contributed by atoms with Gasteiger partial charge < -0.3 is 10.6 Å². The Labute approximate surface area is 166 Å². The molecule has 2 heterocycles. The summed E-state index contributed by atoms with van der Waals surface area (Å²) in [5, 5.41) is 7.00. The van der Waals surface area contributed by atoms with E-state index < -0.39 is 44.6 Å². The van der Waals surface area contributed by atoms with Crippen LogP contribution in [0.1, 0.15) is 12.8 Å². The molecule has 6 amide bonds. The van der Waals surface area contributed by atoms with Crippen molar-refractivity contribution in [2.75, 3.05) is 10.6 Å². The summed E-state index contributed by atoms with van der Waals surface area (Å²) < 4.78 is 0. The molecule has 1 aromatic rings. The molecule has 0 bridgehead atoms. The second kappa shape index (κ2) is 8.44. The third-order valence-electron chi connectivity index (χ3n) is 3.73. The van der Waals surface area contributed by atoms with Crippen molar-refractivity contribution in [3.63, 3.8) is 0 Å². The fourth-order valence-corrected chi connectivity index (χ4v) is 4.09. The number of benzene rings is 1. The highest BCUT2D eigenvalue weighted by atomic mass is 32.2. The monoisotopic (exact) mass is 422 g/mol. The molecule has 0 spiro atoms. The molecular weight excluding hydrogens is 408 g/mol. The molecule has 2 aliphatic heterocycles. The Hall–Kier alpha value is -2.86. The van der Waals surface area contributed by atoms with E-state index in [1.165, 1.54) is 0 Å².